The topological polar surface area (TPSA) is 12.5 Å². The molecule has 1 atom stereocenters. The number of rotatable bonds is 1. The van der Waals surface area contributed by atoms with Crippen LogP contribution in [0.15, 0.2) is 54.8 Å². The van der Waals surface area contributed by atoms with E-state index in [4.69, 9.17) is 4.74 Å². The summed E-state index contributed by atoms with van der Waals surface area (Å²) in [6, 6.07) is 8.11. The first-order valence-corrected chi connectivity index (χ1v) is 5.94. The van der Waals surface area contributed by atoms with Gasteiger partial charge in [-0.05, 0) is 37.3 Å². The van der Waals surface area contributed by atoms with Crippen LogP contribution >= 0.6 is 0 Å². The Balaban J connectivity index is 2.03. The van der Waals surface area contributed by atoms with Gasteiger partial charge in [0.2, 0.25) is 5.72 Å². The zero-order valence-electron chi connectivity index (χ0n) is 9.84. The van der Waals surface area contributed by atoms with Crippen LogP contribution in [0.1, 0.15) is 12.5 Å². The van der Waals surface area contributed by atoms with Crippen LogP contribution in [0.5, 0.6) is 5.75 Å². The quantitative estimate of drug-likeness (QED) is 0.727. The molecule has 1 unspecified atom stereocenters. The van der Waals surface area contributed by atoms with Crippen LogP contribution in [0.4, 0.5) is 0 Å². The van der Waals surface area contributed by atoms with Crippen molar-refractivity contribution in [1.82, 2.24) is 4.90 Å². The molecule has 2 nitrogen and oxygen atoms in total. The molecule has 3 rings (SSSR count). The fourth-order valence-electron chi connectivity index (χ4n) is 2.29. The third kappa shape index (κ3) is 1.57. The summed E-state index contributed by atoms with van der Waals surface area (Å²) in [7, 11) is 0. The molecular weight excluding hydrogens is 210 g/mol. The van der Waals surface area contributed by atoms with Gasteiger partial charge in [-0.2, -0.15) is 0 Å². The third-order valence-corrected chi connectivity index (χ3v) is 3.20. The first kappa shape index (κ1) is 10.2. The van der Waals surface area contributed by atoms with Gasteiger partial charge in [0.05, 0.1) is 0 Å². The first-order valence-electron chi connectivity index (χ1n) is 5.94. The molecule has 0 aromatic heterocycles. The Hall–Kier alpha value is -1.96. The second kappa shape index (κ2) is 3.81. The Kier molecular flexibility index (Phi) is 2.29. The Bertz CT molecular complexity index is 515. The molecule has 0 radical (unpaired) electrons. The second-order valence-electron chi connectivity index (χ2n) is 4.21. The van der Waals surface area contributed by atoms with Crippen LogP contribution in [-0.4, -0.2) is 17.2 Å². The van der Waals surface area contributed by atoms with E-state index in [0.717, 1.165) is 17.9 Å². The number of hydrogen-bond donors (Lipinski definition) is 0. The number of allylic oxidation sites excluding steroid dienone is 2. The highest BCUT2D eigenvalue weighted by Crippen LogP contribution is 2.35. The highest BCUT2D eigenvalue weighted by Gasteiger charge is 2.35. The molecule has 1 aromatic carbocycles. The van der Waals surface area contributed by atoms with Crippen molar-refractivity contribution in [2.75, 3.05) is 6.54 Å². The summed E-state index contributed by atoms with van der Waals surface area (Å²) in [6.07, 6.45) is 12.5. The minimum Gasteiger partial charge on any atom is -0.460 e. The molecule has 2 heteroatoms. The SMILES string of the molecule is CCN1C=CC=CC12C=Cc1ccccc1O2. The molecule has 0 fully saturated rings. The molecule has 2 aliphatic heterocycles. The summed E-state index contributed by atoms with van der Waals surface area (Å²) in [5.74, 6) is 0.938. The van der Waals surface area contributed by atoms with Crippen molar-refractivity contribution in [3.63, 3.8) is 0 Å². The van der Waals surface area contributed by atoms with Gasteiger partial charge in [0.15, 0.2) is 0 Å². The van der Waals surface area contributed by atoms with E-state index in [9.17, 15) is 0 Å². The first-order chi connectivity index (χ1) is 8.34. The summed E-state index contributed by atoms with van der Waals surface area (Å²) in [6.45, 7) is 3.04. The van der Waals surface area contributed by atoms with Crippen molar-refractivity contribution in [1.29, 1.82) is 0 Å². The maximum atomic E-state index is 6.16. The van der Waals surface area contributed by atoms with Gasteiger partial charge in [-0.15, -0.1) is 0 Å². The lowest BCUT2D eigenvalue weighted by Gasteiger charge is -2.42. The van der Waals surface area contributed by atoms with E-state index in [-0.39, 0.29) is 0 Å². The molecule has 17 heavy (non-hydrogen) atoms. The molecular formula is C15H15NO. The normalized spacial score (nSPS) is 24.9. The number of hydrogen-bond acceptors (Lipinski definition) is 2. The van der Waals surface area contributed by atoms with Crippen molar-refractivity contribution in [3.05, 3.63) is 60.3 Å². The van der Waals surface area contributed by atoms with Gasteiger partial charge >= 0.3 is 0 Å². The molecule has 0 saturated carbocycles. The van der Waals surface area contributed by atoms with Crippen molar-refractivity contribution >= 4 is 6.08 Å². The molecule has 0 bridgehead atoms. The highest BCUT2D eigenvalue weighted by molar-refractivity contribution is 5.61. The zero-order valence-corrected chi connectivity index (χ0v) is 9.84. The Morgan fingerprint density at radius 1 is 1.18 bits per heavy atom. The van der Waals surface area contributed by atoms with E-state index in [1.54, 1.807) is 0 Å². The van der Waals surface area contributed by atoms with Crippen LogP contribution in [0.3, 0.4) is 0 Å². The molecule has 86 valence electrons. The van der Waals surface area contributed by atoms with Gasteiger partial charge in [0, 0.05) is 18.3 Å². The molecule has 2 aliphatic rings. The summed E-state index contributed by atoms with van der Waals surface area (Å²) in [4.78, 5) is 2.18. The Labute approximate surface area is 102 Å². The monoisotopic (exact) mass is 225 g/mol. The van der Waals surface area contributed by atoms with Crippen LogP contribution < -0.4 is 4.74 Å². The van der Waals surface area contributed by atoms with Gasteiger partial charge in [-0.1, -0.05) is 24.3 Å². The average Bonchev–Trinajstić information content (AvgIpc) is 2.39. The molecule has 0 N–H and O–H groups in total. The number of fused-ring (bicyclic) bond motifs is 1. The van der Waals surface area contributed by atoms with Crippen molar-refractivity contribution in [2.24, 2.45) is 0 Å². The highest BCUT2D eigenvalue weighted by atomic mass is 16.5. The summed E-state index contributed by atoms with van der Waals surface area (Å²) in [5, 5.41) is 0. The molecule has 2 heterocycles. The molecule has 1 aromatic rings. The van der Waals surface area contributed by atoms with Crippen molar-refractivity contribution in [2.45, 2.75) is 12.6 Å². The second-order valence-corrected chi connectivity index (χ2v) is 4.21. The van der Waals surface area contributed by atoms with Gasteiger partial charge in [0.1, 0.15) is 5.75 Å². The lowest BCUT2D eigenvalue weighted by molar-refractivity contribution is 0.0286. The largest absolute Gasteiger partial charge is 0.460 e. The fraction of sp³-hybridized carbons (Fsp3) is 0.200. The molecule has 0 amide bonds. The third-order valence-electron chi connectivity index (χ3n) is 3.20. The number of para-hydroxylation sites is 1. The maximum absolute atomic E-state index is 6.16. The van der Waals surface area contributed by atoms with E-state index < -0.39 is 5.72 Å². The molecule has 0 aliphatic carbocycles. The van der Waals surface area contributed by atoms with Crippen LogP contribution in [0.2, 0.25) is 0 Å². The molecule has 1 spiro atoms. The van der Waals surface area contributed by atoms with Gasteiger partial charge in [-0.3, -0.25) is 0 Å². The van der Waals surface area contributed by atoms with Crippen molar-refractivity contribution < 1.29 is 4.74 Å². The van der Waals surface area contributed by atoms with E-state index in [2.05, 4.69) is 42.3 Å². The van der Waals surface area contributed by atoms with Crippen LogP contribution in [-0.2, 0) is 0 Å². The fourth-order valence-corrected chi connectivity index (χ4v) is 2.29. The number of ether oxygens (including phenoxy) is 1. The summed E-state index contributed by atoms with van der Waals surface area (Å²) < 4.78 is 6.16. The van der Waals surface area contributed by atoms with Gasteiger partial charge < -0.3 is 9.64 Å². The summed E-state index contributed by atoms with van der Waals surface area (Å²) >= 11 is 0. The lowest BCUT2D eigenvalue weighted by Crippen LogP contribution is -2.49. The minimum absolute atomic E-state index is 0.447. The van der Waals surface area contributed by atoms with Crippen LogP contribution in [0.25, 0.3) is 6.08 Å². The predicted octanol–water partition coefficient (Wildman–Crippen LogP) is 3.19. The van der Waals surface area contributed by atoms with Gasteiger partial charge in [0.25, 0.3) is 0 Å². The minimum atomic E-state index is -0.447. The van der Waals surface area contributed by atoms with E-state index >= 15 is 0 Å². The van der Waals surface area contributed by atoms with E-state index in [1.165, 1.54) is 0 Å². The van der Waals surface area contributed by atoms with E-state index in [1.807, 2.05) is 30.4 Å². The maximum Gasteiger partial charge on any atom is 0.222 e. The Morgan fingerprint density at radius 3 is 2.94 bits per heavy atom. The molecule has 0 saturated heterocycles. The smallest absolute Gasteiger partial charge is 0.222 e. The number of nitrogens with zero attached hydrogens (tertiary/aromatic N) is 1. The lowest BCUT2D eigenvalue weighted by atomic mass is 10.0. The van der Waals surface area contributed by atoms with Crippen LogP contribution in [0, 0.1) is 0 Å². The zero-order chi connectivity index (χ0) is 11.7. The predicted molar refractivity (Wildman–Crippen MR) is 69.5 cm³/mol. The average molecular weight is 225 g/mol. The standard InChI is InChI=1S/C15H15NO/c1-2-16-12-6-5-10-15(16)11-9-13-7-3-4-8-14(13)17-15/h3-12H,2H2,1H3. The van der Waals surface area contributed by atoms with Gasteiger partial charge in [-0.25, -0.2) is 0 Å². The number of likely N-dealkylation sites (N-methyl/N-ethyl adjacent to an activating group) is 1. The number of benzene rings is 1. The van der Waals surface area contributed by atoms with Crippen molar-refractivity contribution in [3.8, 4) is 5.75 Å². The Morgan fingerprint density at radius 2 is 2.06 bits per heavy atom. The van der Waals surface area contributed by atoms with E-state index in [0.29, 0.717) is 0 Å². The summed E-state index contributed by atoms with van der Waals surface area (Å²) in [5.41, 5.74) is 0.690.